The number of rotatable bonds is 3. The molecule has 0 aliphatic carbocycles. The third-order valence-electron chi connectivity index (χ3n) is 3.94. The maximum absolute atomic E-state index is 10.7. The zero-order valence-electron chi connectivity index (χ0n) is 11.2. The number of likely N-dealkylation sites (tertiary alicyclic amines) is 1. The lowest BCUT2D eigenvalue weighted by molar-refractivity contribution is -0.0752. The Kier molecular flexibility index (Phi) is 4.42. The minimum atomic E-state index is -0.514. The Labute approximate surface area is 105 Å². The van der Waals surface area contributed by atoms with E-state index in [2.05, 4.69) is 23.6 Å². The van der Waals surface area contributed by atoms with E-state index in [1.165, 1.54) is 0 Å². The van der Waals surface area contributed by atoms with Crippen LogP contribution in [0, 0.1) is 0 Å². The van der Waals surface area contributed by atoms with Crippen LogP contribution in [0.15, 0.2) is 0 Å². The van der Waals surface area contributed by atoms with E-state index in [1.807, 2.05) is 0 Å². The molecule has 4 heteroatoms. The number of β-amino-alcohol motifs (C(OH)–C–C–N with tert-alkyl or cyclic N) is 1. The monoisotopic (exact) mass is 242 g/mol. The van der Waals surface area contributed by atoms with Crippen molar-refractivity contribution in [2.45, 2.75) is 38.3 Å². The summed E-state index contributed by atoms with van der Waals surface area (Å²) in [7, 11) is 0. The van der Waals surface area contributed by atoms with Crippen LogP contribution in [-0.2, 0) is 4.74 Å². The second kappa shape index (κ2) is 5.65. The summed E-state index contributed by atoms with van der Waals surface area (Å²) < 4.78 is 5.35. The van der Waals surface area contributed by atoms with E-state index in [0.717, 1.165) is 58.8 Å². The highest BCUT2D eigenvalue weighted by atomic mass is 16.5. The van der Waals surface area contributed by atoms with Crippen LogP contribution >= 0.6 is 0 Å². The van der Waals surface area contributed by atoms with Gasteiger partial charge in [-0.1, -0.05) is 0 Å². The van der Waals surface area contributed by atoms with Crippen LogP contribution in [0.25, 0.3) is 0 Å². The number of ether oxygens (including phenoxy) is 1. The Morgan fingerprint density at radius 3 is 2.59 bits per heavy atom. The van der Waals surface area contributed by atoms with Gasteiger partial charge in [-0.25, -0.2) is 0 Å². The third-order valence-corrected chi connectivity index (χ3v) is 3.94. The molecule has 2 aliphatic rings. The molecule has 100 valence electrons. The topological polar surface area (TPSA) is 35.9 Å². The molecule has 0 aromatic carbocycles. The fraction of sp³-hybridized carbons (Fsp3) is 1.00. The molecule has 2 heterocycles. The van der Waals surface area contributed by atoms with Gasteiger partial charge in [-0.3, -0.25) is 9.80 Å². The molecule has 2 aliphatic heterocycles. The minimum Gasteiger partial charge on any atom is -0.387 e. The van der Waals surface area contributed by atoms with E-state index in [1.54, 1.807) is 0 Å². The molecule has 0 aromatic rings. The molecule has 17 heavy (non-hydrogen) atoms. The van der Waals surface area contributed by atoms with Crippen LogP contribution in [0.5, 0.6) is 0 Å². The van der Waals surface area contributed by atoms with E-state index in [9.17, 15) is 5.11 Å². The SMILES string of the molecule is CC(C)N1CCC[C@](O)(CN2CCOCC2)C1. The van der Waals surface area contributed by atoms with Gasteiger partial charge in [0.25, 0.3) is 0 Å². The Balaban J connectivity index is 1.88. The summed E-state index contributed by atoms with van der Waals surface area (Å²) in [5.74, 6) is 0. The van der Waals surface area contributed by atoms with Gasteiger partial charge in [-0.05, 0) is 33.2 Å². The van der Waals surface area contributed by atoms with Gasteiger partial charge < -0.3 is 9.84 Å². The zero-order chi connectivity index (χ0) is 12.3. The van der Waals surface area contributed by atoms with E-state index in [0.29, 0.717) is 6.04 Å². The quantitative estimate of drug-likeness (QED) is 0.784. The minimum absolute atomic E-state index is 0.514. The molecule has 1 N–H and O–H groups in total. The summed E-state index contributed by atoms with van der Waals surface area (Å²) in [5, 5.41) is 10.7. The molecule has 0 unspecified atom stereocenters. The van der Waals surface area contributed by atoms with Crippen LogP contribution in [0.3, 0.4) is 0 Å². The molecule has 0 spiro atoms. The summed E-state index contributed by atoms with van der Waals surface area (Å²) in [4.78, 5) is 4.73. The van der Waals surface area contributed by atoms with Crippen molar-refractivity contribution in [3.63, 3.8) is 0 Å². The van der Waals surface area contributed by atoms with Crippen LogP contribution < -0.4 is 0 Å². The smallest absolute Gasteiger partial charge is 0.0900 e. The van der Waals surface area contributed by atoms with Crippen molar-refractivity contribution in [3.05, 3.63) is 0 Å². The van der Waals surface area contributed by atoms with Crippen LogP contribution in [0.4, 0.5) is 0 Å². The summed E-state index contributed by atoms with van der Waals surface area (Å²) in [6.45, 7) is 10.7. The standard InChI is InChI=1S/C13H26N2O2/c1-12(2)15-5-3-4-13(16,11-15)10-14-6-8-17-9-7-14/h12,16H,3-11H2,1-2H3/t13-/m0/s1. The number of nitrogens with zero attached hydrogens (tertiary/aromatic N) is 2. The third kappa shape index (κ3) is 3.65. The highest BCUT2D eigenvalue weighted by Crippen LogP contribution is 2.24. The lowest BCUT2D eigenvalue weighted by Gasteiger charge is -2.44. The molecule has 0 saturated carbocycles. The van der Waals surface area contributed by atoms with Gasteiger partial charge in [0.05, 0.1) is 18.8 Å². The number of hydrogen-bond acceptors (Lipinski definition) is 4. The van der Waals surface area contributed by atoms with E-state index < -0.39 is 5.60 Å². The first-order valence-electron chi connectivity index (χ1n) is 6.86. The zero-order valence-corrected chi connectivity index (χ0v) is 11.2. The molecule has 0 radical (unpaired) electrons. The summed E-state index contributed by atoms with van der Waals surface area (Å²) in [6.07, 6.45) is 2.05. The van der Waals surface area contributed by atoms with Crippen molar-refractivity contribution < 1.29 is 9.84 Å². The molecule has 1 atom stereocenters. The predicted octanol–water partition coefficient (Wildman–Crippen LogP) is 0.554. The van der Waals surface area contributed by atoms with Gasteiger partial charge in [0.1, 0.15) is 0 Å². The second-order valence-corrected chi connectivity index (χ2v) is 5.78. The highest BCUT2D eigenvalue weighted by molar-refractivity contribution is 4.91. The molecule has 0 aromatic heterocycles. The van der Waals surface area contributed by atoms with Crippen LogP contribution in [0.2, 0.25) is 0 Å². The number of morpholine rings is 1. The number of hydrogen-bond donors (Lipinski definition) is 1. The Morgan fingerprint density at radius 1 is 1.24 bits per heavy atom. The lowest BCUT2D eigenvalue weighted by atomic mass is 9.91. The summed E-state index contributed by atoms with van der Waals surface area (Å²) in [5.41, 5.74) is -0.514. The molecule has 2 rings (SSSR count). The number of aliphatic hydroxyl groups is 1. The van der Waals surface area contributed by atoms with Gasteiger partial charge in [0, 0.05) is 32.2 Å². The van der Waals surface area contributed by atoms with Crippen molar-refractivity contribution >= 4 is 0 Å². The normalized spacial score (nSPS) is 33.2. The fourth-order valence-corrected chi connectivity index (χ4v) is 2.89. The van der Waals surface area contributed by atoms with Gasteiger partial charge >= 0.3 is 0 Å². The highest BCUT2D eigenvalue weighted by Gasteiger charge is 2.35. The summed E-state index contributed by atoms with van der Waals surface area (Å²) in [6, 6.07) is 0.534. The molecule has 0 amide bonds. The molecule has 0 bridgehead atoms. The van der Waals surface area contributed by atoms with E-state index in [-0.39, 0.29) is 0 Å². The molecular weight excluding hydrogens is 216 g/mol. The molecule has 4 nitrogen and oxygen atoms in total. The Morgan fingerprint density at radius 2 is 1.94 bits per heavy atom. The van der Waals surface area contributed by atoms with Gasteiger partial charge in [0.2, 0.25) is 0 Å². The predicted molar refractivity (Wildman–Crippen MR) is 68.2 cm³/mol. The Bertz CT molecular complexity index is 242. The van der Waals surface area contributed by atoms with Crippen molar-refractivity contribution in [1.29, 1.82) is 0 Å². The maximum atomic E-state index is 10.7. The van der Waals surface area contributed by atoms with Crippen molar-refractivity contribution in [3.8, 4) is 0 Å². The van der Waals surface area contributed by atoms with E-state index >= 15 is 0 Å². The van der Waals surface area contributed by atoms with Crippen molar-refractivity contribution in [2.24, 2.45) is 0 Å². The first kappa shape index (κ1) is 13.3. The lowest BCUT2D eigenvalue weighted by Crippen LogP contribution is -2.57. The summed E-state index contributed by atoms with van der Waals surface area (Å²) >= 11 is 0. The molecular formula is C13H26N2O2. The van der Waals surface area contributed by atoms with Gasteiger partial charge in [-0.15, -0.1) is 0 Å². The first-order valence-corrected chi connectivity index (χ1v) is 6.86. The van der Waals surface area contributed by atoms with Crippen LogP contribution in [-0.4, -0.2) is 72.5 Å². The second-order valence-electron chi connectivity index (χ2n) is 5.78. The molecule has 2 fully saturated rings. The van der Waals surface area contributed by atoms with Crippen LogP contribution in [0.1, 0.15) is 26.7 Å². The Hall–Kier alpha value is -0.160. The average molecular weight is 242 g/mol. The van der Waals surface area contributed by atoms with Gasteiger partial charge in [0.15, 0.2) is 0 Å². The average Bonchev–Trinajstić information content (AvgIpc) is 2.29. The maximum Gasteiger partial charge on any atom is 0.0900 e. The fourth-order valence-electron chi connectivity index (χ4n) is 2.89. The van der Waals surface area contributed by atoms with E-state index in [4.69, 9.17) is 4.74 Å². The molecule has 2 saturated heterocycles. The largest absolute Gasteiger partial charge is 0.387 e. The van der Waals surface area contributed by atoms with Crippen molar-refractivity contribution in [2.75, 3.05) is 45.9 Å². The number of piperidine rings is 1. The first-order chi connectivity index (χ1) is 8.09. The van der Waals surface area contributed by atoms with Gasteiger partial charge in [-0.2, -0.15) is 0 Å². The van der Waals surface area contributed by atoms with Crippen molar-refractivity contribution in [1.82, 2.24) is 9.80 Å².